The summed E-state index contributed by atoms with van der Waals surface area (Å²) < 4.78 is 0.542. The molecule has 0 radical (unpaired) electrons. The largest absolute Gasteiger partial charge is 0.297 e. The summed E-state index contributed by atoms with van der Waals surface area (Å²) in [4.78, 5) is 2.40. The molecule has 1 saturated carbocycles. The Labute approximate surface area is 106 Å². The van der Waals surface area contributed by atoms with Gasteiger partial charge in [-0.2, -0.15) is 0 Å². The van der Waals surface area contributed by atoms with Gasteiger partial charge in [0.1, 0.15) is 5.01 Å². The first-order valence-electron chi connectivity index (χ1n) is 5.83. The van der Waals surface area contributed by atoms with Crippen LogP contribution in [0.3, 0.4) is 0 Å². The second-order valence-electron chi connectivity index (χ2n) is 4.79. The summed E-state index contributed by atoms with van der Waals surface area (Å²) in [5, 5.41) is 8.92. The van der Waals surface area contributed by atoms with Gasteiger partial charge in [0.05, 0.1) is 6.54 Å². The Hall–Kier alpha value is -0.190. The highest BCUT2D eigenvalue weighted by atomic mass is 35.5. The van der Waals surface area contributed by atoms with E-state index in [9.17, 15) is 0 Å². The molecule has 3 nitrogen and oxygen atoms in total. The zero-order valence-electron chi connectivity index (χ0n) is 9.82. The molecule has 5 heteroatoms. The molecule has 1 heterocycles. The molecule has 0 N–H and O–H groups in total. The summed E-state index contributed by atoms with van der Waals surface area (Å²) in [5.41, 5.74) is 0. The summed E-state index contributed by atoms with van der Waals surface area (Å²) in [6.45, 7) is 3.23. The predicted molar refractivity (Wildman–Crippen MR) is 67.8 cm³/mol. The fourth-order valence-electron chi connectivity index (χ4n) is 2.44. The zero-order chi connectivity index (χ0) is 11.5. The Morgan fingerprint density at radius 3 is 2.88 bits per heavy atom. The monoisotopic (exact) mass is 259 g/mol. The van der Waals surface area contributed by atoms with Crippen molar-refractivity contribution in [2.75, 3.05) is 7.05 Å². The van der Waals surface area contributed by atoms with Crippen molar-refractivity contribution in [2.45, 2.75) is 45.2 Å². The third kappa shape index (κ3) is 3.15. The van der Waals surface area contributed by atoms with E-state index >= 15 is 0 Å². The van der Waals surface area contributed by atoms with E-state index in [0.717, 1.165) is 17.5 Å². The number of aromatic nitrogens is 2. The second kappa shape index (κ2) is 5.43. The maximum absolute atomic E-state index is 5.78. The number of halogens is 1. The van der Waals surface area contributed by atoms with Gasteiger partial charge in [0.2, 0.25) is 4.47 Å². The average Bonchev–Trinajstić information content (AvgIpc) is 2.64. The summed E-state index contributed by atoms with van der Waals surface area (Å²) in [6, 6.07) is 0.700. The van der Waals surface area contributed by atoms with Crippen molar-refractivity contribution in [3.63, 3.8) is 0 Å². The van der Waals surface area contributed by atoms with E-state index in [0.29, 0.717) is 10.5 Å². The molecule has 2 atom stereocenters. The molecule has 90 valence electrons. The molecule has 0 aromatic carbocycles. The third-order valence-corrected chi connectivity index (χ3v) is 4.36. The number of hydrogen-bond donors (Lipinski definition) is 0. The average molecular weight is 260 g/mol. The number of hydrogen-bond acceptors (Lipinski definition) is 4. The highest BCUT2D eigenvalue weighted by Crippen LogP contribution is 2.28. The van der Waals surface area contributed by atoms with Crippen molar-refractivity contribution in [2.24, 2.45) is 5.92 Å². The minimum Gasteiger partial charge on any atom is -0.297 e. The summed E-state index contributed by atoms with van der Waals surface area (Å²) >= 11 is 7.26. The quantitative estimate of drug-likeness (QED) is 0.835. The van der Waals surface area contributed by atoms with Gasteiger partial charge in [-0.25, -0.2) is 0 Å². The van der Waals surface area contributed by atoms with Crippen LogP contribution in [-0.2, 0) is 6.54 Å². The molecular formula is C11H18ClN3S. The molecule has 1 fully saturated rings. The Kier molecular flexibility index (Phi) is 4.16. The lowest BCUT2D eigenvalue weighted by atomic mass is 9.86. The molecule has 16 heavy (non-hydrogen) atoms. The normalized spacial score (nSPS) is 26.2. The second-order valence-corrected chi connectivity index (χ2v) is 6.43. The van der Waals surface area contributed by atoms with Crippen LogP contribution >= 0.6 is 22.9 Å². The lowest BCUT2D eigenvalue weighted by Crippen LogP contribution is -2.35. The highest BCUT2D eigenvalue weighted by molar-refractivity contribution is 7.15. The number of rotatable bonds is 3. The summed E-state index contributed by atoms with van der Waals surface area (Å²) in [7, 11) is 2.18. The number of nitrogens with zero attached hydrogens (tertiary/aromatic N) is 3. The Bertz CT molecular complexity index is 342. The smallest absolute Gasteiger partial charge is 0.207 e. The van der Waals surface area contributed by atoms with Crippen molar-refractivity contribution in [3.05, 3.63) is 9.47 Å². The van der Waals surface area contributed by atoms with Crippen molar-refractivity contribution >= 4 is 22.9 Å². The fraction of sp³-hybridized carbons (Fsp3) is 0.818. The minimum atomic E-state index is 0.542. The van der Waals surface area contributed by atoms with Gasteiger partial charge in [0.25, 0.3) is 0 Å². The molecule has 2 unspecified atom stereocenters. The van der Waals surface area contributed by atoms with E-state index in [1.54, 1.807) is 0 Å². The van der Waals surface area contributed by atoms with Gasteiger partial charge in [-0.1, -0.05) is 31.1 Å². The molecule has 0 amide bonds. The van der Waals surface area contributed by atoms with Crippen LogP contribution in [0.25, 0.3) is 0 Å². The SMILES string of the molecule is CC1CCCC(N(C)Cc2nnc(Cl)s2)C1. The van der Waals surface area contributed by atoms with E-state index < -0.39 is 0 Å². The molecule has 1 aromatic rings. The summed E-state index contributed by atoms with van der Waals surface area (Å²) in [6.07, 6.45) is 5.36. The maximum atomic E-state index is 5.78. The molecule has 0 saturated heterocycles. The minimum absolute atomic E-state index is 0.542. The van der Waals surface area contributed by atoms with E-state index in [2.05, 4.69) is 29.1 Å². The Morgan fingerprint density at radius 2 is 2.25 bits per heavy atom. The highest BCUT2D eigenvalue weighted by Gasteiger charge is 2.22. The van der Waals surface area contributed by atoms with Crippen molar-refractivity contribution in [3.8, 4) is 0 Å². The van der Waals surface area contributed by atoms with E-state index in [4.69, 9.17) is 11.6 Å². The van der Waals surface area contributed by atoms with Crippen LogP contribution in [0.2, 0.25) is 4.47 Å². The van der Waals surface area contributed by atoms with Gasteiger partial charge >= 0.3 is 0 Å². The molecule has 1 aliphatic rings. The van der Waals surface area contributed by atoms with Crippen molar-refractivity contribution in [1.29, 1.82) is 0 Å². The molecule has 2 rings (SSSR count). The standard InChI is InChI=1S/C11H18ClN3S/c1-8-4-3-5-9(6-8)15(2)7-10-13-14-11(12)16-10/h8-9H,3-7H2,1-2H3. The predicted octanol–water partition coefficient (Wildman–Crippen LogP) is 3.20. The molecular weight excluding hydrogens is 242 g/mol. The van der Waals surface area contributed by atoms with Gasteiger partial charge in [0.15, 0.2) is 0 Å². The van der Waals surface area contributed by atoms with E-state index in [-0.39, 0.29) is 0 Å². The maximum Gasteiger partial charge on any atom is 0.207 e. The van der Waals surface area contributed by atoms with Crippen LogP contribution in [0, 0.1) is 5.92 Å². The summed E-state index contributed by atoms with van der Waals surface area (Å²) in [5.74, 6) is 0.860. The van der Waals surface area contributed by atoms with Crippen LogP contribution in [-0.4, -0.2) is 28.2 Å². The molecule has 0 aliphatic heterocycles. The molecule has 0 bridgehead atoms. The lowest BCUT2D eigenvalue weighted by molar-refractivity contribution is 0.157. The third-order valence-electron chi connectivity index (χ3n) is 3.36. The van der Waals surface area contributed by atoms with Gasteiger partial charge in [-0.15, -0.1) is 10.2 Å². The van der Waals surface area contributed by atoms with Crippen molar-refractivity contribution < 1.29 is 0 Å². The van der Waals surface area contributed by atoms with Crippen LogP contribution in [0.4, 0.5) is 0 Å². The lowest BCUT2D eigenvalue weighted by Gasteiger charge is -2.33. The first-order chi connectivity index (χ1) is 7.65. The first kappa shape index (κ1) is 12.3. The van der Waals surface area contributed by atoms with Gasteiger partial charge in [-0.05, 0) is 37.4 Å². The van der Waals surface area contributed by atoms with Crippen molar-refractivity contribution in [1.82, 2.24) is 15.1 Å². The van der Waals surface area contributed by atoms with Gasteiger partial charge < -0.3 is 0 Å². The van der Waals surface area contributed by atoms with Crippen LogP contribution < -0.4 is 0 Å². The van der Waals surface area contributed by atoms with E-state index in [1.807, 2.05) is 0 Å². The van der Waals surface area contributed by atoms with Crippen LogP contribution in [0.5, 0.6) is 0 Å². The Balaban J connectivity index is 1.89. The molecule has 1 aromatic heterocycles. The molecule has 0 spiro atoms. The van der Waals surface area contributed by atoms with E-state index in [1.165, 1.54) is 37.0 Å². The zero-order valence-corrected chi connectivity index (χ0v) is 11.4. The molecule has 1 aliphatic carbocycles. The topological polar surface area (TPSA) is 29.0 Å². The van der Waals surface area contributed by atoms with Crippen LogP contribution in [0.1, 0.15) is 37.6 Å². The fourth-order valence-corrected chi connectivity index (χ4v) is 3.37. The van der Waals surface area contributed by atoms with Gasteiger partial charge in [-0.3, -0.25) is 4.90 Å². The Morgan fingerprint density at radius 1 is 1.44 bits per heavy atom. The van der Waals surface area contributed by atoms with Gasteiger partial charge in [0, 0.05) is 6.04 Å². The van der Waals surface area contributed by atoms with Crippen LogP contribution in [0.15, 0.2) is 0 Å². The first-order valence-corrected chi connectivity index (χ1v) is 7.02.